The molecule has 0 fully saturated rings. The smallest absolute Gasteiger partial charge is 0.178 e. The lowest BCUT2D eigenvalue weighted by Crippen LogP contribution is -2.13. The van der Waals surface area contributed by atoms with Gasteiger partial charge in [-0.15, -0.1) is 0 Å². The summed E-state index contributed by atoms with van der Waals surface area (Å²) in [5.41, 5.74) is 2.29. The van der Waals surface area contributed by atoms with Crippen molar-refractivity contribution in [2.75, 3.05) is 20.6 Å². The molecule has 2 aromatic rings. The van der Waals surface area contributed by atoms with Crippen LogP contribution in [0.3, 0.4) is 0 Å². The van der Waals surface area contributed by atoms with Gasteiger partial charge in [0.05, 0.1) is 11.0 Å². The monoisotopic (exact) mass is 327 g/mol. The molecule has 0 amide bonds. The summed E-state index contributed by atoms with van der Waals surface area (Å²) in [4.78, 5) is 5.47. The Kier molecular flexibility index (Phi) is 4.59. The number of hydrogen-bond acceptors (Lipinski definition) is 2. The minimum atomic E-state index is 0.813. The number of imidazole rings is 1. The molecule has 0 aliphatic carbocycles. The maximum atomic E-state index is 5.38. The molecule has 0 aliphatic heterocycles. The van der Waals surface area contributed by atoms with Gasteiger partial charge in [0.2, 0.25) is 0 Å². The van der Waals surface area contributed by atoms with Gasteiger partial charge in [-0.3, -0.25) is 0 Å². The lowest BCUT2D eigenvalue weighted by Gasteiger charge is -2.09. The van der Waals surface area contributed by atoms with Crippen LogP contribution in [0.1, 0.15) is 12.8 Å². The van der Waals surface area contributed by atoms with Crippen molar-refractivity contribution in [3.63, 3.8) is 0 Å². The van der Waals surface area contributed by atoms with Gasteiger partial charge in [-0.25, -0.2) is 0 Å². The topological polar surface area (TPSA) is 24.0 Å². The second kappa shape index (κ2) is 5.99. The van der Waals surface area contributed by atoms with Crippen LogP contribution >= 0.6 is 28.1 Å². The predicted molar refractivity (Wildman–Crippen MR) is 82.6 cm³/mol. The van der Waals surface area contributed by atoms with Crippen molar-refractivity contribution in [1.29, 1.82) is 0 Å². The second-order valence-corrected chi connectivity index (χ2v) is 6.06. The first-order valence-corrected chi connectivity index (χ1v) is 7.31. The largest absolute Gasteiger partial charge is 0.331 e. The fourth-order valence-corrected chi connectivity index (χ4v) is 2.72. The van der Waals surface area contributed by atoms with Crippen molar-refractivity contribution in [3.8, 4) is 0 Å². The predicted octanol–water partition coefficient (Wildman–Crippen LogP) is 3.80. The normalized spacial score (nSPS) is 11.6. The molecule has 1 aromatic heterocycles. The number of nitrogens with one attached hydrogen (secondary N) is 1. The van der Waals surface area contributed by atoms with Gasteiger partial charge >= 0.3 is 0 Å². The molecule has 1 N–H and O–H groups in total. The number of aryl methyl sites for hydroxylation is 1. The number of nitrogens with zero attached hydrogens (tertiary/aromatic N) is 2. The van der Waals surface area contributed by atoms with Gasteiger partial charge in [0, 0.05) is 11.0 Å². The third kappa shape index (κ3) is 3.22. The molecule has 1 heterocycles. The number of fused-ring (bicyclic) bond motifs is 1. The minimum Gasteiger partial charge on any atom is -0.331 e. The van der Waals surface area contributed by atoms with Gasteiger partial charge in [0.1, 0.15) is 0 Å². The van der Waals surface area contributed by atoms with Gasteiger partial charge in [0.15, 0.2) is 4.77 Å². The lowest BCUT2D eigenvalue weighted by atomic mass is 10.3. The van der Waals surface area contributed by atoms with Gasteiger partial charge in [-0.05, 0) is 63.9 Å². The highest BCUT2D eigenvalue weighted by Gasteiger charge is 2.04. The van der Waals surface area contributed by atoms with E-state index in [1.54, 1.807) is 0 Å². The zero-order chi connectivity index (χ0) is 13.1. The fraction of sp³-hybridized carbons (Fsp3) is 0.462. The molecule has 18 heavy (non-hydrogen) atoms. The van der Waals surface area contributed by atoms with E-state index in [9.17, 15) is 0 Å². The van der Waals surface area contributed by atoms with Crippen LogP contribution in [0.4, 0.5) is 0 Å². The van der Waals surface area contributed by atoms with Gasteiger partial charge in [-0.1, -0.05) is 15.9 Å². The molecule has 0 aliphatic rings. The standard InChI is InChI=1S/C13H18BrN3S/c1-16(2)7-3-4-8-17-12-6-5-10(14)9-11(12)15-13(17)18/h5-6,9H,3-4,7-8H2,1-2H3,(H,15,18). The van der Waals surface area contributed by atoms with E-state index in [4.69, 9.17) is 12.2 Å². The van der Waals surface area contributed by atoms with Gasteiger partial charge in [-0.2, -0.15) is 0 Å². The Morgan fingerprint density at radius 1 is 1.33 bits per heavy atom. The van der Waals surface area contributed by atoms with Crippen molar-refractivity contribution in [2.45, 2.75) is 19.4 Å². The molecule has 0 saturated heterocycles. The van der Waals surface area contributed by atoms with E-state index in [0.29, 0.717) is 0 Å². The molecule has 3 nitrogen and oxygen atoms in total. The van der Waals surface area contributed by atoms with E-state index in [1.165, 1.54) is 11.9 Å². The highest BCUT2D eigenvalue weighted by atomic mass is 79.9. The summed E-state index contributed by atoms with van der Waals surface area (Å²) in [6.45, 7) is 2.11. The molecular weight excluding hydrogens is 310 g/mol. The van der Waals surface area contributed by atoms with Crippen LogP contribution in [0, 0.1) is 4.77 Å². The summed E-state index contributed by atoms with van der Waals surface area (Å²) in [5.74, 6) is 0. The SMILES string of the molecule is CN(C)CCCCn1c(=S)[nH]c2cc(Br)ccc21. The molecule has 0 bridgehead atoms. The first kappa shape index (κ1) is 13.8. The number of unbranched alkanes of at least 4 members (excludes halogenated alkanes) is 1. The minimum absolute atomic E-state index is 0.813. The van der Waals surface area contributed by atoms with Crippen molar-refractivity contribution in [3.05, 3.63) is 27.4 Å². The first-order valence-electron chi connectivity index (χ1n) is 6.11. The average Bonchev–Trinajstić information content (AvgIpc) is 2.59. The Balaban J connectivity index is 2.13. The third-order valence-electron chi connectivity index (χ3n) is 2.97. The highest BCUT2D eigenvalue weighted by molar-refractivity contribution is 9.10. The van der Waals surface area contributed by atoms with Crippen LogP contribution < -0.4 is 0 Å². The number of H-pyrrole nitrogens is 1. The number of aromatic amines is 1. The van der Waals surface area contributed by atoms with E-state index >= 15 is 0 Å². The van der Waals surface area contributed by atoms with Crippen molar-refractivity contribution in [2.24, 2.45) is 0 Å². The number of rotatable bonds is 5. The van der Waals surface area contributed by atoms with E-state index in [2.05, 4.69) is 62.7 Å². The van der Waals surface area contributed by atoms with Crippen molar-refractivity contribution >= 4 is 39.2 Å². The Morgan fingerprint density at radius 3 is 2.83 bits per heavy atom. The molecule has 0 saturated carbocycles. The molecule has 0 unspecified atom stereocenters. The third-order valence-corrected chi connectivity index (χ3v) is 3.79. The van der Waals surface area contributed by atoms with Crippen molar-refractivity contribution < 1.29 is 0 Å². The van der Waals surface area contributed by atoms with E-state index in [-0.39, 0.29) is 0 Å². The zero-order valence-electron chi connectivity index (χ0n) is 10.7. The number of benzene rings is 1. The first-order chi connectivity index (χ1) is 8.58. The number of halogens is 1. The van der Waals surface area contributed by atoms with Crippen LogP contribution in [0.2, 0.25) is 0 Å². The quantitative estimate of drug-likeness (QED) is 0.667. The molecule has 0 spiro atoms. The fourth-order valence-electron chi connectivity index (χ4n) is 2.06. The van der Waals surface area contributed by atoms with Crippen LogP contribution in [-0.4, -0.2) is 35.1 Å². The van der Waals surface area contributed by atoms with E-state index in [1.807, 2.05) is 0 Å². The molecule has 2 rings (SSSR count). The molecule has 0 radical (unpaired) electrons. The van der Waals surface area contributed by atoms with Crippen molar-refractivity contribution in [1.82, 2.24) is 14.5 Å². The Morgan fingerprint density at radius 2 is 2.11 bits per heavy atom. The molecule has 1 aromatic carbocycles. The highest BCUT2D eigenvalue weighted by Crippen LogP contribution is 2.19. The second-order valence-electron chi connectivity index (χ2n) is 4.75. The molecule has 98 valence electrons. The van der Waals surface area contributed by atoms with Crippen LogP contribution in [0.25, 0.3) is 11.0 Å². The van der Waals surface area contributed by atoms with Crippen LogP contribution in [0.15, 0.2) is 22.7 Å². The number of hydrogen-bond donors (Lipinski definition) is 1. The molecule has 0 atom stereocenters. The van der Waals surface area contributed by atoms with E-state index < -0.39 is 0 Å². The summed E-state index contributed by atoms with van der Waals surface area (Å²) in [6.07, 6.45) is 2.34. The zero-order valence-corrected chi connectivity index (χ0v) is 13.1. The van der Waals surface area contributed by atoms with E-state index in [0.717, 1.165) is 34.3 Å². The number of aromatic nitrogens is 2. The average molecular weight is 328 g/mol. The van der Waals surface area contributed by atoms with Gasteiger partial charge in [0.25, 0.3) is 0 Å². The summed E-state index contributed by atoms with van der Waals surface area (Å²) in [5, 5.41) is 0. The summed E-state index contributed by atoms with van der Waals surface area (Å²) in [7, 11) is 4.21. The Labute approximate surface area is 121 Å². The molecule has 5 heteroatoms. The Hall–Kier alpha value is -0.650. The summed E-state index contributed by atoms with van der Waals surface area (Å²) >= 11 is 8.86. The molecular formula is C13H18BrN3S. The van der Waals surface area contributed by atoms with Gasteiger partial charge < -0.3 is 14.5 Å². The van der Waals surface area contributed by atoms with Crippen LogP contribution in [0.5, 0.6) is 0 Å². The lowest BCUT2D eigenvalue weighted by molar-refractivity contribution is 0.388. The maximum absolute atomic E-state index is 5.38. The summed E-state index contributed by atoms with van der Waals surface area (Å²) < 4.78 is 4.08. The maximum Gasteiger partial charge on any atom is 0.178 e. The Bertz CT molecular complexity index is 585. The summed E-state index contributed by atoms with van der Waals surface area (Å²) in [6, 6.07) is 6.24. The van der Waals surface area contributed by atoms with Crippen LogP contribution in [-0.2, 0) is 6.54 Å².